The molecule has 1 saturated heterocycles. The van der Waals surface area contributed by atoms with Crippen LogP contribution in [0.1, 0.15) is 19.3 Å². The second-order valence-corrected chi connectivity index (χ2v) is 3.29. The van der Waals surface area contributed by atoms with Crippen LogP contribution in [0.15, 0.2) is 12.2 Å². The molecule has 0 aromatic heterocycles. The number of nitrogens with two attached hydrogens (primary N) is 1. The summed E-state index contributed by atoms with van der Waals surface area (Å²) in [6.07, 6.45) is 4.08. The zero-order chi connectivity index (χ0) is 8.10. The molecule has 1 aliphatic rings. The number of nitrogens with zero attached hydrogens (tertiary/aromatic N) is 1. The van der Waals surface area contributed by atoms with Crippen molar-refractivity contribution in [1.82, 2.24) is 4.90 Å². The predicted octanol–water partition coefficient (Wildman–Crippen LogP) is 0.987. The van der Waals surface area contributed by atoms with Gasteiger partial charge in [0.1, 0.15) is 0 Å². The minimum absolute atomic E-state index is 0.635. The van der Waals surface area contributed by atoms with Crippen LogP contribution >= 0.6 is 0 Å². The largest absolute Gasteiger partial charge is 0.327 e. The third kappa shape index (κ3) is 3.04. The van der Waals surface area contributed by atoms with E-state index in [1.807, 2.05) is 0 Å². The molecule has 0 amide bonds. The number of piperidine rings is 1. The van der Waals surface area contributed by atoms with Gasteiger partial charge in [0, 0.05) is 13.1 Å². The average Bonchev–Trinajstić information content (AvgIpc) is 2.06. The summed E-state index contributed by atoms with van der Waals surface area (Å²) < 4.78 is 0. The molecule has 0 spiro atoms. The number of hydrogen-bond donors (Lipinski definition) is 1. The highest BCUT2D eigenvalue weighted by Gasteiger charge is 2.09. The molecule has 0 unspecified atom stereocenters. The molecule has 0 radical (unpaired) electrons. The van der Waals surface area contributed by atoms with Gasteiger partial charge in [-0.2, -0.15) is 0 Å². The highest BCUT2D eigenvalue weighted by molar-refractivity contribution is 4.98. The summed E-state index contributed by atoms with van der Waals surface area (Å²) in [6, 6.07) is 0. The van der Waals surface area contributed by atoms with E-state index < -0.39 is 0 Å². The van der Waals surface area contributed by atoms with Gasteiger partial charge in [0.15, 0.2) is 0 Å². The quantitative estimate of drug-likeness (QED) is 0.614. The lowest BCUT2D eigenvalue weighted by molar-refractivity contribution is 0.246. The lowest BCUT2D eigenvalue weighted by Gasteiger charge is -2.26. The fourth-order valence-electron chi connectivity index (χ4n) is 1.50. The molecular weight excluding hydrogens is 136 g/mol. The van der Waals surface area contributed by atoms with Crippen LogP contribution in [-0.4, -0.2) is 31.1 Å². The Morgan fingerprint density at radius 3 is 2.45 bits per heavy atom. The van der Waals surface area contributed by atoms with Gasteiger partial charge in [0.2, 0.25) is 0 Å². The van der Waals surface area contributed by atoms with Crippen LogP contribution < -0.4 is 5.73 Å². The van der Waals surface area contributed by atoms with E-state index in [9.17, 15) is 0 Å². The van der Waals surface area contributed by atoms with E-state index in [0.29, 0.717) is 6.54 Å². The Bertz CT molecular complexity index is 126. The molecule has 1 rings (SSSR count). The second kappa shape index (κ2) is 4.52. The first-order chi connectivity index (χ1) is 5.33. The third-order valence-electron chi connectivity index (χ3n) is 2.18. The van der Waals surface area contributed by atoms with Gasteiger partial charge >= 0.3 is 0 Å². The Morgan fingerprint density at radius 2 is 1.91 bits per heavy atom. The fraction of sp³-hybridized carbons (Fsp3) is 0.778. The van der Waals surface area contributed by atoms with Gasteiger partial charge in [-0.1, -0.05) is 13.0 Å². The molecule has 0 aliphatic carbocycles. The van der Waals surface area contributed by atoms with Crippen LogP contribution in [-0.2, 0) is 0 Å². The first kappa shape index (κ1) is 8.75. The molecule has 64 valence electrons. The van der Waals surface area contributed by atoms with Crippen LogP contribution in [0.4, 0.5) is 0 Å². The van der Waals surface area contributed by atoms with Gasteiger partial charge in [-0.05, 0) is 31.5 Å². The zero-order valence-electron chi connectivity index (χ0n) is 7.18. The molecule has 2 N–H and O–H groups in total. The first-order valence-electron chi connectivity index (χ1n) is 4.42. The minimum atomic E-state index is 0.635. The summed E-state index contributed by atoms with van der Waals surface area (Å²) in [5.41, 5.74) is 6.62. The van der Waals surface area contributed by atoms with Crippen LogP contribution in [0.5, 0.6) is 0 Å². The van der Waals surface area contributed by atoms with Crippen molar-refractivity contribution in [2.75, 3.05) is 26.2 Å². The van der Waals surface area contributed by atoms with Crippen molar-refractivity contribution < 1.29 is 0 Å². The topological polar surface area (TPSA) is 29.3 Å². The Hall–Kier alpha value is -0.340. The zero-order valence-corrected chi connectivity index (χ0v) is 7.18. The standard InChI is InChI=1S/C9H18N2/c1-9(7-10)8-11-5-3-2-4-6-11/h1-8,10H2. The van der Waals surface area contributed by atoms with Gasteiger partial charge in [-0.3, -0.25) is 4.90 Å². The minimum Gasteiger partial charge on any atom is -0.327 e. The Balaban J connectivity index is 2.19. The van der Waals surface area contributed by atoms with Crippen LogP contribution in [0.3, 0.4) is 0 Å². The lowest BCUT2D eigenvalue weighted by Crippen LogP contribution is -2.32. The molecular formula is C9H18N2. The maximum absolute atomic E-state index is 5.46. The third-order valence-corrected chi connectivity index (χ3v) is 2.18. The maximum Gasteiger partial charge on any atom is 0.0202 e. The summed E-state index contributed by atoms with van der Waals surface area (Å²) >= 11 is 0. The fourth-order valence-corrected chi connectivity index (χ4v) is 1.50. The number of hydrogen-bond acceptors (Lipinski definition) is 2. The van der Waals surface area contributed by atoms with Gasteiger partial charge in [0.05, 0.1) is 0 Å². The van der Waals surface area contributed by atoms with Gasteiger partial charge < -0.3 is 5.73 Å². The molecule has 1 heterocycles. The molecule has 1 aliphatic heterocycles. The van der Waals surface area contributed by atoms with Crippen molar-refractivity contribution in [1.29, 1.82) is 0 Å². The molecule has 11 heavy (non-hydrogen) atoms. The number of rotatable bonds is 3. The van der Waals surface area contributed by atoms with Gasteiger partial charge in [-0.15, -0.1) is 0 Å². The van der Waals surface area contributed by atoms with Crippen molar-refractivity contribution in [3.63, 3.8) is 0 Å². The van der Waals surface area contributed by atoms with Crippen molar-refractivity contribution in [3.05, 3.63) is 12.2 Å². The van der Waals surface area contributed by atoms with Crippen molar-refractivity contribution in [2.24, 2.45) is 5.73 Å². The van der Waals surface area contributed by atoms with E-state index in [4.69, 9.17) is 5.73 Å². The van der Waals surface area contributed by atoms with Crippen molar-refractivity contribution in [2.45, 2.75) is 19.3 Å². The monoisotopic (exact) mass is 154 g/mol. The first-order valence-corrected chi connectivity index (χ1v) is 4.42. The SMILES string of the molecule is C=C(CN)CN1CCCCC1. The van der Waals surface area contributed by atoms with E-state index in [-0.39, 0.29) is 0 Å². The lowest BCUT2D eigenvalue weighted by atomic mass is 10.1. The average molecular weight is 154 g/mol. The highest BCUT2D eigenvalue weighted by Crippen LogP contribution is 2.09. The number of likely N-dealkylation sites (tertiary alicyclic amines) is 1. The van der Waals surface area contributed by atoms with Crippen molar-refractivity contribution >= 4 is 0 Å². The molecule has 1 fully saturated rings. The van der Waals surface area contributed by atoms with E-state index in [1.165, 1.54) is 32.4 Å². The van der Waals surface area contributed by atoms with E-state index >= 15 is 0 Å². The molecule has 0 saturated carbocycles. The van der Waals surface area contributed by atoms with Gasteiger partial charge in [0.25, 0.3) is 0 Å². The van der Waals surface area contributed by atoms with E-state index in [2.05, 4.69) is 11.5 Å². The summed E-state index contributed by atoms with van der Waals surface area (Å²) in [6.45, 7) is 8.02. The van der Waals surface area contributed by atoms with E-state index in [1.54, 1.807) is 0 Å². The maximum atomic E-state index is 5.46. The Kier molecular flexibility index (Phi) is 3.60. The summed E-state index contributed by atoms with van der Waals surface area (Å²) in [5.74, 6) is 0. The normalized spacial score (nSPS) is 20.1. The molecule has 0 aromatic carbocycles. The second-order valence-electron chi connectivity index (χ2n) is 3.29. The Morgan fingerprint density at radius 1 is 1.27 bits per heavy atom. The summed E-state index contributed by atoms with van der Waals surface area (Å²) in [7, 11) is 0. The van der Waals surface area contributed by atoms with Crippen LogP contribution in [0, 0.1) is 0 Å². The van der Waals surface area contributed by atoms with Crippen LogP contribution in [0.2, 0.25) is 0 Å². The summed E-state index contributed by atoms with van der Waals surface area (Å²) in [5, 5.41) is 0. The summed E-state index contributed by atoms with van der Waals surface area (Å²) in [4.78, 5) is 2.44. The van der Waals surface area contributed by atoms with Crippen LogP contribution in [0.25, 0.3) is 0 Å². The van der Waals surface area contributed by atoms with E-state index in [0.717, 1.165) is 12.1 Å². The molecule has 0 aromatic rings. The predicted molar refractivity (Wildman–Crippen MR) is 48.5 cm³/mol. The molecule has 2 nitrogen and oxygen atoms in total. The molecule has 2 heteroatoms. The smallest absolute Gasteiger partial charge is 0.0202 e. The molecule has 0 atom stereocenters. The molecule has 0 bridgehead atoms. The highest BCUT2D eigenvalue weighted by atomic mass is 15.1. The Labute approximate surface area is 69.1 Å². The van der Waals surface area contributed by atoms with Crippen molar-refractivity contribution in [3.8, 4) is 0 Å². The van der Waals surface area contributed by atoms with Gasteiger partial charge in [-0.25, -0.2) is 0 Å².